The summed E-state index contributed by atoms with van der Waals surface area (Å²) >= 11 is 0. The first-order valence-corrected chi connectivity index (χ1v) is 6.52. The van der Waals surface area contributed by atoms with Gasteiger partial charge in [-0.05, 0) is 43.5 Å². The van der Waals surface area contributed by atoms with E-state index in [4.69, 9.17) is 4.74 Å². The van der Waals surface area contributed by atoms with E-state index in [1.807, 2.05) is 19.1 Å². The molecule has 1 heterocycles. The molecule has 100 valence electrons. The van der Waals surface area contributed by atoms with Crippen molar-refractivity contribution < 1.29 is 4.74 Å². The highest BCUT2D eigenvalue weighted by atomic mass is 16.5. The molecule has 0 N–H and O–H groups in total. The molecule has 0 fully saturated rings. The van der Waals surface area contributed by atoms with Crippen LogP contribution in [0.4, 0.5) is 0 Å². The number of benzene rings is 1. The topological polar surface area (TPSA) is 31.2 Å². The maximum absolute atomic E-state index is 11.5. The molecule has 3 heteroatoms. The molecule has 0 amide bonds. The van der Waals surface area contributed by atoms with E-state index >= 15 is 0 Å². The van der Waals surface area contributed by atoms with Gasteiger partial charge in [-0.15, -0.1) is 0 Å². The highest BCUT2D eigenvalue weighted by molar-refractivity contribution is 5.35. The first-order valence-electron chi connectivity index (χ1n) is 6.52. The molecule has 0 saturated carbocycles. The van der Waals surface area contributed by atoms with Gasteiger partial charge in [0, 0.05) is 18.8 Å². The van der Waals surface area contributed by atoms with Crippen molar-refractivity contribution in [2.24, 2.45) is 0 Å². The number of hydrogen-bond acceptors (Lipinski definition) is 2. The van der Waals surface area contributed by atoms with E-state index < -0.39 is 0 Å². The van der Waals surface area contributed by atoms with Crippen LogP contribution in [0.15, 0.2) is 47.4 Å². The van der Waals surface area contributed by atoms with Crippen LogP contribution in [-0.4, -0.2) is 11.2 Å². The Bertz CT molecular complexity index is 602. The average Bonchev–Trinajstić information content (AvgIpc) is 2.40. The molecular weight excluding hydrogens is 238 g/mol. The molecule has 0 unspecified atom stereocenters. The van der Waals surface area contributed by atoms with Crippen molar-refractivity contribution in [1.82, 2.24) is 4.57 Å². The zero-order chi connectivity index (χ0) is 13.7. The first kappa shape index (κ1) is 13.4. The highest BCUT2D eigenvalue weighted by Crippen LogP contribution is 2.19. The van der Waals surface area contributed by atoms with Gasteiger partial charge in [0.05, 0.1) is 6.61 Å². The Morgan fingerprint density at radius 2 is 2.00 bits per heavy atom. The standard InChI is InChI=1S/C16H19NO2/c1-13-7-8-14(2)15(12-13)19-11-5-10-17-9-4-3-6-16(17)18/h3-4,6-9,12H,5,10-11H2,1-2H3. The van der Waals surface area contributed by atoms with E-state index in [1.165, 1.54) is 5.56 Å². The van der Waals surface area contributed by atoms with Crippen LogP contribution in [0.3, 0.4) is 0 Å². The molecule has 3 nitrogen and oxygen atoms in total. The Morgan fingerprint density at radius 3 is 2.79 bits per heavy atom. The molecule has 0 spiro atoms. The van der Waals surface area contributed by atoms with Gasteiger partial charge in [0.25, 0.3) is 0 Å². The number of aromatic nitrogens is 1. The van der Waals surface area contributed by atoms with Gasteiger partial charge in [-0.2, -0.15) is 0 Å². The second-order valence-electron chi connectivity index (χ2n) is 4.70. The third-order valence-electron chi connectivity index (χ3n) is 3.04. The van der Waals surface area contributed by atoms with Gasteiger partial charge in [-0.1, -0.05) is 18.2 Å². The minimum Gasteiger partial charge on any atom is -0.493 e. The van der Waals surface area contributed by atoms with E-state index in [9.17, 15) is 4.79 Å². The third-order valence-corrected chi connectivity index (χ3v) is 3.04. The van der Waals surface area contributed by atoms with Crippen molar-refractivity contribution in [1.29, 1.82) is 0 Å². The zero-order valence-electron chi connectivity index (χ0n) is 11.4. The van der Waals surface area contributed by atoms with Crippen LogP contribution < -0.4 is 10.3 Å². The molecule has 0 aliphatic heterocycles. The third kappa shape index (κ3) is 3.71. The van der Waals surface area contributed by atoms with E-state index in [0.29, 0.717) is 13.2 Å². The lowest BCUT2D eigenvalue weighted by atomic mass is 10.1. The van der Waals surface area contributed by atoms with Gasteiger partial charge >= 0.3 is 0 Å². The summed E-state index contributed by atoms with van der Waals surface area (Å²) in [4.78, 5) is 11.5. The Morgan fingerprint density at radius 1 is 1.16 bits per heavy atom. The largest absolute Gasteiger partial charge is 0.493 e. The lowest BCUT2D eigenvalue weighted by Crippen LogP contribution is -2.18. The molecule has 0 atom stereocenters. The summed E-state index contributed by atoms with van der Waals surface area (Å²) in [6.45, 7) is 5.39. The molecule has 1 aromatic heterocycles. The lowest BCUT2D eigenvalue weighted by molar-refractivity contribution is 0.299. The molecule has 0 aliphatic rings. The summed E-state index contributed by atoms with van der Waals surface area (Å²) in [6.07, 6.45) is 2.62. The van der Waals surface area contributed by atoms with Crippen LogP contribution in [0.2, 0.25) is 0 Å². The second kappa shape index (κ2) is 6.23. The minimum absolute atomic E-state index is 0.0363. The van der Waals surface area contributed by atoms with Crippen molar-refractivity contribution in [2.75, 3.05) is 6.61 Å². The van der Waals surface area contributed by atoms with Gasteiger partial charge in [-0.25, -0.2) is 0 Å². The van der Waals surface area contributed by atoms with Crippen molar-refractivity contribution in [2.45, 2.75) is 26.8 Å². The second-order valence-corrected chi connectivity index (χ2v) is 4.70. The first-order chi connectivity index (χ1) is 9.16. The quantitative estimate of drug-likeness (QED) is 0.771. The van der Waals surface area contributed by atoms with Gasteiger partial charge in [-0.3, -0.25) is 4.79 Å². The predicted molar refractivity (Wildman–Crippen MR) is 76.7 cm³/mol. The monoisotopic (exact) mass is 257 g/mol. The molecule has 2 rings (SSSR count). The summed E-state index contributed by atoms with van der Waals surface area (Å²) in [6, 6.07) is 11.4. The van der Waals surface area contributed by atoms with E-state index in [-0.39, 0.29) is 5.56 Å². The molecule has 0 radical (unpaired) electrons. The fourth-order valence-electron chi connectivity index (χ4n) is 1.93. The summed E-state index contributed by atoms with van der Waals surface area (Å²) in [5.41, 5.74) is 2.37. The molecule has 0 saturated heterocycles. The fraction of sp³-hybridized carbons (Fsp3) is 0.312. The smallest absolute Gasteiger partial charge is 0.250 e. The maximum atomic E-state index is 11.5. The Labute approximate surface area is 113 Å². The van der Waals surface area contributed by atoms with Crippen molar-refractivity contribution >= 4 is 0 Å². The number of aryl methyl sites for hydroxylation is 3. The van der Waals surface area contributed by atoms with Crippen LogP contribution in [0, 0.1) is 13.8 Å². The van der Waals surface area contributed by atoms with Crippen LogP contribution in [0.5, 0.6) is 5.75 Å². The van der Waals surface area contributed by atoms with Gasteiger partial charge < -0.3 is 9.30 Å². The number of hydrogen-bond donors (Lipinski definition) is 0. The summed E-state index contributed by atoms with van der Waals surface area (Å²) < 4.78 is 7.46. The van der Waals surface area contributed by atoms with E-state index in [2.05, 4.69) is 19.1 Å². The lowest BCUT2D eigenvalue weighted by Gasteiger charge is -2.10. The van der Waals surface area contributed by atoms with Crippen LogP contribution in [-0.2, 0) is 6.54 Å². The summed E-state index contributed by atoms with van der Waals surface area (Å²) in [7, 11) is 0. The molecule has 1 aromatic carbocycles. The highest BCUT2D eigenvalue weighted by Gasteiger charge is 2.00. The Kier molecular flexibility index (Phi) is 4.39. The fourth-order valence-corrected chi connectivity index (χ4v) is 1.93. The Balaban J connectivity index is 1.86. The molecular formula is C16H19NO2. The normalized spacial score (nSPS) is 10.4. The number of rotatable bonds is 5. The molecule has 0 aliphatic carbocycles. The van der Waals surface area contributed by atoms with Gasteiger partial charge in [0.1, 0.15) is 5.75 Å². The van der Waals surface area contributed by atoms with Crippen LogP contribution in [0.1, 0.15) is 17.5 Å². The zero-order valence-corrected chi connectivity index (χ0v) is 11.4. The number of ether oxygens (including phenoxy) is 1. The SMILES string of the molecule is Cc1ccc(C)c(OCCCn2ccccc2=O)c1. The number of pyridine rings is 1. The minimum atomic E-state index is 0.0363. The maximum Gasteiger partial charge on any atom is 0.250 e. The van der Waals surface area contributed by atoms with Crippen LogP contribution in [0.25, 0.3) is 0 Å². The molecule has 0 bridgehead atoms. The average molecular weight is 257 g/mol. The van der Waals surface area contributed by atoms with E-state index in [1.54, 1.807) is 22.9 Å². The van der Waals surface area contributed by atoms with E-state index in [0.717, 1.165) is 17.7 Å². The van der Waals surface area contributed by atoms with Crippen molar-refractivity contribution in [3.63, 3.8) is 0 Å². The summed E-state index contributed by atoms with van der Waals surface area (Å²) in [5, 5.41) is 0. The summed E-state index contributed by atoms with van der Waals surface area (Å²) in [5.74, 6) is 0.931. The number of nitrogens with zero attached hydrogens (tertiary/aromatic N) is 1. The van der Waals surface area contributed by atoms with Crippen molar-refractivity contribution in [3.8, 4) is 5.75 Å². The Hall–Kier alpha value is -2.03. The molecule has 2 aromatic rings. The van der Waals surface area contributed by atoms with Crippen LogP contribution >= 0.6 is 0 Å². The van der Waals surface area contributed by atoms with Gasteiger partial charge in [0.2, 0.25) is 5.56 Å². The van der Waals surface area contributed by atoms with Gasteiger partial charge in [0.15, 0.2) is 0 Å². The van der Waals surface area contributed by atoms with Crippen molar-refractivity contribution in [3.05, 3.63) is 64.1 Å². The molecule has 19 heavy (non-hydrogen) atoms. The predicted octanol–water partition coefficient (Wildman–Crippen LogP) is 2.93.